The van der Waals surface area contributed by atoms with Crippen LogP contribution in [0.5, 0.6) is 0 Å². The van der Waals surface area contributed by atoms with Gasteiger partial charge in [-0.1, -0.05) is 23.2 Å². The Balaban J connectivity index is 3.46. The second-order valence-electron chi connectivity index (χ2n) is 1.26. The van der Waals surface area contributed by atoms with Crippen molar-refractivity contribution in [1.82, 2.24) is 4.98 Å². The van der Waals surface area contributed by atoms with Gasteiger partial charge < -0.3 is 0 Å². The molecule has 1 aromatic heterocycles. The van der Waals surface area contributed by atoms with E-state index in [0.717, 1.165) is 0 Å². The molecule has 0 radical (unpaired) electrons. The molecule has 0 fully saturated rings. The number of hydrogen-bond acceptors (Lipinski definition) is 1. The zero-order chi connectivity index (χ0) is 8.59. The fourth-order valence-corrected chi connectivity index (χ4v) is 1.59. The van der Waals surface area contributed by atoms with Crippen LogP contribution in [0.15, 0.2) is 12.1 Å². The molecule has 0 bridgehead atoms. The predicted octanol–water partition coefficient (Wildman–Crippen LogP) is 2.99. The monoisotopic (exact) mass is 275 g/mol. The third-order valence-electron chi connectivity index (χ3n) is 0.622. The number of halogens is 3. The highest BCUT2D eigenvalue weighted by molar-refractivity contribution is 14.1. The fraction of sp³-hybridized carbons (Fsp3) is 0. The summed E-state index contributed by atoms with van der Waals surface area (Å²) in [5.74, 6) is 0. The molecule has 0 spiro atoms. The molecule has 0 aromatic carbocycles. The standard InChI is InChI=1S/C5H2Cl2IN/c6-4-1-3(8)2-5(7)9-4/h1-2H/i1D,2D. The minimum absolute atomic E-state index is 0.0374. The van der Waals surface area contributed by atoms with Gasteiger partial charge >= 0.3 is 0 Å². The van der Waals surface area contributed by atoms with Crippen LogP contribution in [-0.4, -0.2) is 4.98 Å². The summed E-state index contributed by atoms with van der Waals surface area (Å²) < 4.78 is 15.0. The number of nitrogens with zero attached hydrogens (tertiary/aromatic N) is 1. The van der Waals surface area contributed by atoms with Crippen LogP contribution >= 0.6 is 45.8 Å². The average Bonchev–Trinajstić information content (AvgIpc) is 1.97. The van der Waals surface area contributed by atoms with Crippen molar-refractivity contribution in [2.45, 2.75) is 0 Å². The van der Waals surface area contributed by atoms with E-state index in [1.54, 1.807) is 0 Å². The van der Waals surface area contributed by atoms with E-state index in [9.17, 15) is 0 Å². The molecule has 0 saturated heterocycles. The quantitative estimate of drug-likeness (QED) is 0.524. The maximum atomic E-state index is 7.30. The van der Waals surface area contributed by atoms with Gasteiger partial charge in [0.25, 0.3) is 0 Å². The Bertz CT molecular complexity index is 279. The topological polar surface area (TPSA) is 12.9 Å². The molecule has 0 unspecified atom stereocenters. The van der Waals surface area contributed by atoms with Gasteiger partial charge in [0.05, 0.1) is 2.74 Å². The van der Waals surface area contributed by atoms with E-state index in [1.807, 2.05) is 22.6 Å². The average molecular weight is 276 g/mol. The number of aromatic nitrogens is 1. The molecule has 0 saturated carbocycles. The van der Waals surface area contributed by atoms with Crippen molar-refractivity contribution >= 4 is 45.8 Å². The van der Waals surface area contributed by atoms with Crippen LogP contribution in [0.1, 0.15) is 2.74 Å². The van der Waals surface area contributed by atoms with Gasteiger partial charge in [0.2, 0.25) is 0 Å². The Morgan fingerprint density at radius 1 is 1.44 bits per heavy atom. The number of rotatable bonds is 0. The molecule has 4 heteroatoms. The summed E-state index contributed by atoms with van der Waals surface area (Å²) >= 11 is 12.9. The number of hydrogen-bond donors (Lipinski definition) is 0. The van der Waals surface area contributed by atoms with E-state index in [-0.39, 0.29) is 22.4 Å². The molecule has 1 nitrogen and oxygen atoms in total. The van der Waals surface area contributed by atoms with Gasteiger partial charge in [-0.2, -0.15) is 0 Å². The maximum Gasteiger partial charge on any atom is 0.131 e. The zero-order valence-electron chi connectivity index (χ0n) is 6.08. The zero-order valence-corrected chi connectivity index (χ0v) is 7.75. The SMILES string of the molecule is [2H]c1c(Cl)nc(Cl)c([2H])c1I. The lowest BCUT2D eigenvalue weighted by Crippen LogP contribution is -1.77. The summed E-state index contributed by atoms with van der Waals surface area (Å²) in [5.41, 5.74) is 0. The highest BCUT2D eigenvalue weighted by Crippen LogP contribution is 2.15. The number of pyridine rings is 1. The molecule has 0 aliphatic heterocycles. The van der Waals surface area contributed by atoms with Crippen molar-refractivity contribution in [3.05, 3.63) is 26.0 Å². The molecule has 1 rings (SSSR count). The van der Waals surface area contributed by atoms with Gasteiger partial charge in [0.15, 0.2) is 0 Å². The summed E-state index contributed by atoms with van der Waals surface area (Å²) in [6.07, 6.45) is 0. The smallest absolute Gasteiger partial charge is 0.131 e. The normalized spacial score (nSPS) is 12.8. The lowest BCUT2D eigenvalue weighted by Gasteiger charge is -1.91. The fourth-order valence-electron chi connectivity index (χ4n) is 0.354. The Hall–Kier alpha value is 0.460. The van der Waals surface area contributed by atoms with E-state index in [1.165, 1.54) is 0 Å². The summed E-state index contributed by atoms with van der Waals surface area (Å²) in [6, 6.07) is 0.114. The highest BCUT2D eigenvalue weighted by atomic mass is 127. The summed E-state index contributed by atoms with van der Waals surface area (Å²) in [7, 11) is 0. The van der Waals surface area contributed by atoms with Gasteiger partial charge in [-0.25, -0.2) is 4.98 Å². The van der Waals surface area contributed by atoms with E-state index in [4.69, 9.17) is 25.9 Å². The third kappa shape index (κ3) is 2.27. The van der Waals surface area contributed by atoms with Gasteiger partial charge in [0, 0.05) is 3.57 Å². The van der Waals surface area contributed by atoms with Crippen LogP contribution in [0.2, 0.25) is 10.3 Å². The third-order valence-corrected chi connectivity index (χ3v) is 1.52. The minimum atomic E-state index is 0.0374. The van der Waals surface area contributed by atoms with Crippen molar-refractivity contribution in [2.75, 3.05) is 0 Å². The van der Waals surface area contributed by atoms with Gasteiger partial charge in [-0.15, -0.1) is 0 Å². The molecule has 1 aromatic rings. The van der Waals surface area contributed by atoms with Crippen LogP contribution < -0.4 is 0 Å². The predicted molar refractivity (Wildman–Crippen MR) is 47.0 cm³/mol. The lowest BCUT2D eigenvalue weighted by molar-refractivity contribution is 1.31. The van der Waals surface area contributed by atoms with Crippen molar-refractivity contribution in [1.29, 1.82) is 0 Å². The molecule has 1 heterocycles. The van der Waals surface area contributed by atoms with Crippen LogP contribution in [0, 0.1) is 3.57 Å². The first-order chi connectivity index (χ1) is 5.04. The molecule has 0 aliphatic carbocycles. The van der Waals surface area contributed by atoms with Crippen molar-refractivity contribution in [3.63, 3.8) is 0 Å². The summed E-state index contributed by atoms with van der Waals surface area (Å²) in [6.45, 7) is 0. The van der Waals surface area contributed by atoms with Crippen LogP contribution in [-0.2, 0) is 0 Å². The maximum absolute atomic E-state index is 7.30. The van der Waals surface area contributed by atoms with Crippen LogP contribution in [0.4, 0.5) is 0 Å². The molecule has 0 amide bonds. The van der Waals surface area contributed by atoms with Crippen molar-refractivity contribution in [3.8, 4) is 0 Å². The Kier molecular flexibility index (Phi) is 1.74. The molecule has 0 aliphatic rings. The molecule has 0 atom stereocenters. The minimum Gasteiger partial charge on any atom is -0.224 e. The van der Waals surface area contributed by atoms with Gasteiger partial charge in [-0.05, 0) is 34.7 Å². The van der Waals surface area contributed by atoms with E-state index in [0.29, 0.717) is 3.57 Å². The Morgan fingerprint density at radius 3 is 2.33 bits per heavy atom. The lowest BCUT2D eigenvalue weighted by atomic mass is 10.5. The molecule has 48 valence electrons. The largest absolute Gasteiger partial charge is 0.224 e. The first-order valence-electron chi connectivity index (χ1n) is 3.01. The summed E-state index contributed by atoms with van der Waals surface area (Å²) in [5, 5.41) is 0.0748. The second-order valence-corrected chi connectivity index (χ2v) is 3.05. The molecule has 0 N–H and O–H groups in total. The van der Waals surface area contributed by atoms with Crippen LogP contribution in [0.25, 0.3) is 0 Å². The second kappa shape index (κ2) is 3.03. The molecular weight excluding hydrogens is 272 g/mol. The van der Waals surface area contributed by atoms with E-state index < -0.39 is 0 Å². The highest BCUT2D eigenvalue weighted by Gasteiger charge is 1.93. The first kappa shape index (κ1) is 5.16. The Labute approximate surface area is 79.3 Å². The Morgan fingerprint density at radius 2 is 1.89 bits per heavy atom. The van der Waals surface area contributed by atoms with Crippen LogP contribution in [0.3, 0.4) is 0 Å². The molecule has 9 heavy (non-hydrogen) atoms. The van der Waals surface area contributed by atoms with Gasteiger partial charge in [0.1, 0.15) is 10.3 Å². The van der Waals surface area contributed by atoms with Crippen molar-refractivity contribution in [2.24, 2.45) is 0 Å². The van der Waals surface area contributed by atoms with E-state index in [2.05, 4.69) is 4.98 Å². The molecular formula is C5H2Cl2IN. The van der Waals surface area contributed by atoms with Gasteiger partial charge in [-0.3, -0.25) is 0 Å². The summed E-state index contributed by atoms with van der Waals surface area (Å²) in [4.78, 5) is 3.58. The van der Waals surface area contributed by atoms with Crippen molar-refractivity contribution < 1.29 is 2.74 Å². The van der Waals surface area contributed by atoms with E-state index >= 15 is 0 Å². The first-order valence-corrected chi connectivity index (χ1v) is 3.85.